The van der Waals surface area contributed by atoms with Crippen LogP contribution in [0.15, 0.2) is 53.7 Å². The molecule has 3 rings (SSSR count). The van der Waals surface area contributed by atoms with E-state index < -0.39 is 19.1 Å². The Hall–Kier alpha value is -3.07. The second-order valence-corrected chi connectivity index (χ2v) is 9.56. The molecule has 1 unspecified atom stereocenters. The van der Waals surface area contributed by atoms with Gasteiger partial charge in [-0.2, -0.15) is 5.10 Å². The van der Waals surface area contributed by atoms with Gasteiger partial charge in [-0.25, -0.2) is 9.67 Å². The highest BCUT2D eigenvalue weighted by Crippen LogP contribution is 2.46. The van der Waals surface area contributed by atoms with E-state index in [9.17, 15) is 14.2 Å². The van der Waals surface area contributed by atoms with Gasteiger partial charge >= 0.3 is 7.60 Å². The van der Waals surface area contributed by atoms with Crippen LogP contribution in [-0.4, -0.2) is 38.9 Å². The van der Waals surface area contributed by atoms with Crippen LogP contribution >= 0.6 is 7.60 Å². The topological polar surface area (TPSA) is 128 Å². The van der Waals surface area contributed by atoms with Gasteiger partial charge in [-0.3, -0.25) is 19.1 Å². The molecule has 0 aliphatic heterocycles. The third kappa shape index (κ3) is 6.97. The SMILES string of the molecule is CC.CCOP(=O)(OCC)c1ccc(C(C(=O)Nc2cnc(-n3cccn3)[nH]c2=O)C(C)C)cc1. The first-order valence-electron chi connectivity index (χ1n) is 11.7. The lowest BCUT2D eigenvalue weighted by Crippen LogP contribution is -2.29. The van der Waals surface area contributed by atoms with Crippen molar-refractivity contribution < 1.29 is 18.4 Å². The second-order valence-electron chi connectivity index (χ2n) is 7.54. The van der Waals surface area contributed by atoms with E-state index in [1.807, 2.05) is 27.7 Å². The van der Waals surface area contributed by atoms with E-state index in [-0.39, 0.29) is 36.7 Å². The number of nitrogens with one attached hydrogen (secondary N) is 2. The summed E-state index contributed by atoms with van der Waals surface area (Å²) in [7, 11) is -3.42. The Morgan fingerprint density at radius 2 is 1.77 bits per heavy atom. The van der Waals surface area contributed by atoms with E-state index in [1.165, 1.54) is 10.9 Å². The summed E-state index contributed by atoms with van der Waals surface area (Å²) in [5.74, 6) is -0.735. The molecule has 2 aromatic heterocycles. The van der Waals surface area contributed by atoms with Crippen molar-refractivity contribution >= 4 is 24.5 Å². The Labute approximate surface area is 205 Å². The maximum Gasteiger partial charge on any atom is 0.361 e. The fourth-order valence-electron chi connectivity index (χ4n) is 3.43. The van der Waals surface area contributed by atoms with Crippen LogP contribution in [0.2, 0.25) is 0 Å². The number of amides is 1. The van der Waals surface area contributed by atoms with Crippen molar-refractivity contribution in [1.29, 1.82) is 0 Å². The lowest BCUT2D eigenvalue weighted by molar-refractivity contribution is -0.118. The summed E-state index contributed by atoms with van der Waals surface area (Å²) in [6.45, 7) is 11.8. The van der Waals surface area contributed by atoms with Gasteiger partial charge in [0.25, 0.3) is 5.56 Å². The lowest BCUT2D eigenvalue weighted by Gasteiger charge is -2.22. The van der Waals surface area contributed by atoms with Gasteiger partial charge in [0.15, 0.2) is 0 Å². The molecule has 2 heterocycles. The molecule has 2 N–H and O–H groups in total. The van der Waals surface area contributed by atoms with Crippen molar-refractivity contribution in [2.24, 2.45) is 5.92 Å². The third-order valence-corrected chi connectivity index (χ3v) is 7.01. The van der Waals surface area contributed by atoms with Crippen LogP contribution in [0.4, 0.5) is 5.69 Å². The number of aromatic amines is 1. The Balaban J connectivity index is 0.00000210. The molecule has 35 heavy (non-hydrogen) atoms. The Morgan fingerprint density at radius 3 is 2.26 bits per heavy atom. The zero-order valence-corrected chi connectivity index (χ0v) is 21.9. The molecule has 0 bridgehead atoms. The fraction of sp³-hybridized carbons (Fsp3) is 0.417. The molecule has 1 amide bonds. The standard InChI is InChI=1S/C22H28N5O5P.C2H6/c1-5-31-33(30,32-6-2)17-10-8-16(9-11-17)19(15(3)4)21(29)25-18-14-23-22(26-20(18)28)27-13-7-12-24-27;1-2/h7-15,19H,5-6H2,1-4H3,(H,25,29)(H,23,26,28);1-2H3. The zero-order valence-electron chi connectivity index (χ0n) is 21.0. The predicted octanol–water partition coefficient (Wildman–Crippen LogP) is 4.25. The van der Waals surface area contributed by atoms with E-state index in [4.69, 9.17) is 9.05 Å². The molecule has 0 spiro atoms. The highest BCUT2D eigenvalue weighted by atomic mass is 31.2. The van der Waals surface area contributed by atoms with Crippen molar-refractivity contribution in [3.8, 4) is 5.95 Å². The van der Waals surface area contributed by atoms with Gasteiger partial charge in [0.2, 0.25) is 11.9 Å². The lowest BCUT2D eigenvalue weighted by atomic mass is 9.87. The quantitative estimate of drug-likeness (QED) is 0.396. The summed E-state index contributed by atoms with van der Waals surface area (Å²) in [4.78, 5) is 32.3. The van der Waals surface area contributed by atoms with Crippen molar-refractivity contribution in [2.75, 3.05) is 18.5 Å². The van der Waals surface area contributed by atoms with Gasteiger partial charge in [0.1, 0.15) is 5.69 Å². The predicted molar refractivity (Wildman–Crippen MR) is 136 cm³/mol. The van der Waals surface area contributed by atoms with Gasteiger partial charge in [0, 0.05) is 12.4 Å². The molecule has 0 radical (unpaired) electrons. The summed E-state index contributed by atoms with van der Waals surface area (Å²) >= 11 is 0. The number of hydrogen-bond donors (Lipinski definition) is 2. The molecule has 0 fully saturated rings. The molecule has 3 aromatic rings. The van der Waals surface area contributed by atoms with E-state index in [1.54, 1.807) is 56.6 Å². The second kappa shape index (κ2) is 13.1. The number of H-pyrrole nitrogens is 1. The fourth-order valence-corrected chi connectivity index (χ4v) is 4.99. The molecular formula is C24H34N5O5P. The van der Waals surface area contributed by atoms with Gasteiger partial charge < -0.3 is 14.4 Å². The molecule has 0 saturated heterocycles. The first-order valence-corrected chi connectivity index (χ1v) is 13.2. The van der Waals surface area contributed by atoms with Crippen molar-refractivity contribution in [3.05, 3.63) is 64.8 Å². The van der Waals surface area contributed by atoms with E-state index in [0.717, 1.165) is 0 Å². The number of carbonyl (C=O) groups is 1. The van der Waals surface area contributed by atoms with E-state index in [2.05, 4.69) is 20.4 Å². The van der Waals surface area contributed by atoms with Crippen molar-refractivity contribution in [2.45, 2.75) is 47.5 Å². The van der Waals surface area contributed by atoms with E-state index >= 15 is 0 Å². The van der Waals surface area contributed by atoms with Crippen LogP contribution in [0.5, 0.6) is 0 Å². The summed E-state index contributed by atoms with van der Waals surface area (Å²) in [5.41, 5.74) is 0.259. The Bertz CT molecular complexity index is 1170. The van der Waals surface area contributed by atoms with Crippen LogP contribution in [-0.2, 0) is 18.4 Å². The summed E-state index contributed by atoms with van der Waals surface area (Å²) in [5, 5.41) is 7.11. The number of anilines is 1. The number of hydrogen-bond acceptors (Lipinski definition) is 7. The molecule has 0 aliphatic rings. The van der Waals surface area contributed by atoms with Crippen LogP contribution in [0.3, 0.4) is 0 Å². The first kappa shape index (κ1) is 28.2. The summed E-state index contributed by atoms with van der Waals surface area (Å²) < 4.78 is 25.2. The summed E-state index contributed by atoms with van der Waals surface area (Å²) in [6.07, 6.45) is 4.51. The number of aromatic nitrogens is 4. The average Bonchev–Trinajstić information content (AvgIpc) is 3.37. The highest BCUT2D eigenvalue weighted by Gasteiger charge is 2.29. The van der Waals surface area contributed by atoms with Gasteiger partial charge in [-0.15, -0.1) is 0 Å². The number of nitrogens with zero attached hydrogens (tertiary/aromatic N) is 3. The monoisotopic (exact) mass is 503 g/mol. The minimum Gasteiger partial charge on any atom is -0.320 e. The number of rotatable bonds is 10. The minimum absolute atomic E-state index is 0.0374. The zero-order chi connectivity index (χ0) is 26.0. The highest BCUT2D eigenvalue weighted by molar-refractivity contribution is 7.62. The summed E-state index contributed by atoms with van der Waals surface area (Å²) in [6, 6.07) is 8.46. The van der Waals surface area contributed by atoms with Gasteiger partial charge in [0.05, 0.1) is 30.6 Å². The maximum atomic E-state index is 13.1. The molecular weight excluding hydrogens is 469 g/mol. The molecule has 10 nitrogen and oxygen atoms in total. The van der Waals surface area contributed by atoms with Crippen molar-refractivity contribution in [3.63, 3.8) is 0 Å². The van der Waals surface area contributed by atoms with Gasteiger partial charge in [-0.1, -0.05) is 39.8 Å². The Kier molecular flexibility index (Phi) is 10.6. The molecule has 190 valence electrons. The molecule has 0 aliphatic carbocycles. The molecule has 0 saturated carbocycles. The van der Waals surface area contributed by atoms with Crippen LogP contribution < -0.4 is 16.2 Å². The minimum atomic E-state index is -3.42. The van der Waals surface area contributed by atoms with Crippen LogP contribution in [0.25, 0.3) is 5.95 Å². The number of carbonyl (C=O) groups excluding carboxylic acids is 1. The third-order valence-electron chi connectivity index (χ3n) is 4.88. The molecule has 1 aromatic carbocycles. The van der Waals surface area contributed by atoms with Crippen molar-refractivity contribution in [1.82, 2.24) is 19.7 Å². The van der Waals surface area contributed by atoms with E-state index in [0.29, 0.717) is 10.9 Å². The smallest absolute Gasteiger partial charge is 0.320 e. The molecule has 1 atom stereocenters. The Morgan fingerprint density at radius 1 is 1.14 bits per heavy atom. The largest absolute Gasteiger partial charge is 0.361 e. The van der Waals surface area contributed by atoms with Gasteiger partial charge in [-0.05, 0) is 43.5 Å². The normalized spacial score (nSPS) is 12.1. The van der Waals surface area contributed by atoms with Crippen LogP contribution in [0.1, 0.15) is 53.0 Å². The first-order chi connectivity index (χ1) is 16.8. The maximum absolute atomic E-state index is 13.1. The van der Waals surface area contributed by atoms with Crippen LogP contribution in [0, 0.1) is 5.92 Å². The molecule has 11 heteroatoms. The number of benzene rings is 1. The average molecular weight is 504 g/mol.